The van der Waals surface area contributed by atoms with E-state index in [9.17, 15) is 9.59 Å². The quantitative estimate of drug-likeness (QED) is 0.782. The van der Waals surface area contributed by atoms with Crippen LogP contribution in [-0.2, 0) is 22.7 Å². The standard InChI is InChI=1S/C19H24N4O2S/c1-13(2)18-21-16(12-26-18)11-22(3)19(25)15-8-17(24)23(10-15)9-14-4-6-20-7-5-14/h4-7,12-13,15H,8-11H2,1-3H3/t15-/m1/s1. The van der Waals surface area contributed by atoms with Crippen molar-refractivity contribution in [3.63, 3.8) is 0 Å². The van der Waals surface area contributed by atoms with Crippen LogP contribution in [0, 0.1) is 5.92 Å². The fourth-order valence-electron chi connectivity index (χ4n) is 3.09. The van der Waals surface area contributed by atoms with Gasteiger partial charge in [0.2, 0.25) is 11.8 Å². The van der Waals surface area contributed by atoms with E-state index in [2.05, 4.69) is 23.8 Å². The Morgan fingerprint density at radius 2 is 2.12 bits per heavy atom. The van der Waals surface area contributed by atoms with E-state index in [0.29, 0.717) is 25.6 Å². The van der Waals surface area contributed by atoms with Crippen LogP contribution >= 0.6 is 11.3 Å². The second-order valence-corrected chi connectivity index (χ2v) is 7.95. The molecular formula is C19H24N4O2S. The first-order chi connectivity index (χ1) is 12.4. The number of likely N-dealkylation sites (tertiary alicyclic amines) is 1. The summed E-state index contributed by atoms with van der Waals surface area (Å²) in [5.74, 6) is 0.153. The van der Waals surface area contributed by atoms with Gasteiger partial charge in [-0.25, -0.2) is 4.98 Å². The minimum Gasteiger partial charge on any atom is -0.340 e. The van der Waals surface area contributed by atoms with Gasteiger partial charge in [-0.2, -0.15) is 0 Å². The Bertz CT molecular complexity index is 775. The molecule has 2 aromatic rings. The fourth-order valence-corrected chi connectivity index (χ4v) is 3.92. The van der Waals surface area contributed by atoms with Crippen LogP contribution in [0.25, 0.3) is 0 Å². The number of nitrogens with zero attached hydrogens (tertiary/aromatic N) is 4. The van der Waals surface area contributed by atoms with Crippen molar-refractivity contribution in [3.05, 3.63) is 46.2 Å². The van der Waals surface area contributed by atoms with Crippen LogP contribution in [0.5, 0.6) is 0 Å². The van der Waals surface area contributed by atoms with Crippen molar-refractivity contribution in [2.45, 2.75) is 39.3 Å². The van der Waals surface area contributed by atoms with Crippen LogP contribution in [0.15, 0.2) is 29.9 Å². The van der Waals surface area contributed by atoms with Gasteiger partial charge < -0.3 is 9.80 Å². The van der Waals surface area contributed by atoms with Crippen LogP contribution in [0.1, 0.15) is 42.5 Å². The van der Waals surface area contributed by atoms with E-state index >= 15 is 0 Å². The highest BCUT2D eigenvalue weighted by Crippen LogP contribution is 2.24. The molecule has 1 atom stereocenters. The van der Waals surface area contributed by atoms with E-state index in [4.69, 9.17) is 0 Å². The first kappa shape index (κ1) is 18.5. The summed E-state index contributed by atoms with van der Waals surface area (Å²) in [4.78, 5) is 37.0. The molecule has 0 aliphatic carbocycles. The highest BCUT2D eigenvalue weighted by molar-refractivity contribution is 7.09. The maximum absolute atomic E-state index is 12.7. The maximum Gasteiger partial charge on any atom is 0.228 e. The summed E-state index contributed by atoms with van der Waals surface area (Å²) in [6.07, 6.45) is 3.71. The molecule has 0 unspecified atom stereocenters. The van der Waals surface area contributed by atoms with Gasteiger partial charge in [-0.15, -0.1) is 11.3 Å². The van der Waals surface area contributed by atoms with E-state index in [1.54, 1.807) is 40.6 Å². The molecule has 2 aromatic heterocycles. The number of carbonyl (C=O) groups excluding carboxylic acids is 2. The Morgan fingerprint density at radius 3 is 2.77 bits per heavy atom. The molecule has 0 N–H and O–H groups in total. The molecule has 6 nitrogen and oxygen atoms in total. The highest BCUT2D eigenvalue weighted by Gasteiger charge is 2.35. The topological polar surface area (TPSA) is 66.4 Å². The Morgan fingerprint density at radius 1 is 1.38 bits per heavy atom. The molecule has 0 saturated carbocycles. The predicted molar refractivity (Wildman–Crippen MR) is 100 cm³/mol. The van der Waals surface area contributed by atoms with E-state index < -0.39 is 0 Å². The number of carbonyl (C=O) groups is 2. The summed E-state index contributed by atoms with van der Waals surface area (Å²) in [6.45, 7) is 5.70. The zero-order chi connectivity index (χ0) is 18.7. The summed E-state index contributed by atoms with van der Waals surface area (Å²) < 4.78 is 0. The molecule has 1 aliphatic rings. The third kappa shape index (κ3) is 4.27. The van der Waals surface area contributed by atoms with Crippen molar-refractivity contribution in [1.29, 1.82) is 0 Å². The summed E-state index contributed by atoms with van der Waals surface area (Å²) >= 11 is 1.63. The summed E-state index contributed by atoms with van der Waals surface area (Å²) in [7, 11) is 1.78. The van der Waals surface area contributed by atoms with E-state index in [0.717, 1.165) is 16.3 Å². The SMILES string of the molecule is CC(C)c1nc(CN(C)C(=O)[C@@H]2CC(=O)N(Cc3ccncc3)C2)cs1. The minimum absolute atomic E-state index is 0.00896. The van der Waals surface area contributed by atoms with E-state index in [-0.39, 0.29) is 24.2 Å². The molecule has 138 valence electrons. The molecule has 1 fully saturated rings. The lowest BCUT2D eigenvalue weighted by atomic mass is 10.1. The number of aromatic nitrogens is 2. The molecule has 2 amide bonds. The lowest BCUT2D eigenvalue weighted by Gasteiger charge is -2.21. The van der Waals surface area contributed by atoms with E-state index in [1.807, 2.05) is 17.5 Å². The van der Waals surface area contributed by atoms with Gasteiger partial charge in [-0.05, 0) is 17.7 Å². The second-order valence-electron chi connectivity index (χ2n) is 7.06. The molecular weight excluding hydrogens is 348 g/mol. The number of rotatable bonds is 6. The Labute approximate surface area is 157 Å². The van der Waals surface area contributed by atoms with Crippen molar-refractivity contribution >= 4 is 23.2 Å². The van der Waals surface area contributed by atoms with E-state index in [1.165, 1.54) is 0 Å². The summed E-state index contributed by atoms with van der Waals surface area (Å²) in [5.41, 5.74) is 1.94. The number of thiazole rings is 1. The first-order valence-corrected chi connectivity index (χ1v) is 9.68. The van der Waals surface area contributed by atoms with Crippen LogP contribution in [-0.4, -0.2) is 45.2 Å². The van der Waals surface area contributed by atoms with Gasteiger partial charge in [0.05, 0.1) is 23.2 Å². The van der Waals surface area contributed by atoms with Gasteiger partial charge in [-0.1, -0.05) is 13.8 Å². The van der Waals surface area contributed by atoms with Crippen LogP contribution in [0.4, 0.5) is 0 Å². The molecule has 26 heavy (non-hydrogen) atoms. The molecule has 1 saturated heterocycles. The molecule has 0 radical (unpaired) electrons. The van der Waals surface area contributed by atoms with Crippen molar-refractivity contribution in [1.82, 2.24) is 19.8 Å². The number of hydrogen-bond acceptors (Lipinski definition) is 5. The molecule has 3 rings (SSSR count). The van der Waals surface area contributed by atoms with Gasteiger partial charge >= 0.3 is 0 Å². The summed E-state index contributed by atoms with van der Waals surface area (Å²) in [6, 6.07) is 3.78. The monoisotopic (exact) mass is 372 g/mol. The average Bonchev–Trinajstić information content (AvgIpc) is 3.22. The second kappa shape index (κ2) is 7.95. The van der Waals surface area contributed by atoms with Gasteiger partial charge in [0.25, 0.3) is 0 Å². The van der Waals surface area contributed by atoms with Crippen molar-refractivity contribution < 1.29 is 9.59 Å². The smallest absolute Gasteiger partial charge is 0.228 e. The summed E-state index contributed by atoms with van der Waals surface area (Å²) in [5, 5.41) is 3.09. The molecule has 0 aromatic carbocycles. The third-order valence-corrected chi connectivity index (χ3v) is 5.72. The number of pyridine rings is 1. The lowest BCUT2D eigenvalue weighted by Crippen LogP contribution is -2.34. The normalized spacial score (nSPS) is 17.2. The Hall–Kier alpha value is -2.28. The van der Waals surface area contributed by atoms with Gasteiger partial charge in [0, 0.05) is 50.2 Å². The maximum atomic E-state index is 12.7. The molecule has 0 bridgehead atoms. The zero-order valence-corrected chi connectivity index (χ0v) is 16.2. The van der Waals surface area contributed by atoms with Crippen LogP contribution in [0.3, 0.4) is 0 Å². The minimum atomic E-state index is -0.280. The third-order valence-electron chi connectivity index (χ3n) is 4.53. The zero-order valence-electron chi connectivity index (χ0n) is 15.4. The highest BCUT2D eigenvalue weighted by atomic mass is 32.1. The van der Waals surface area contributed by atoms with Crippen molar-refractivity contribution in [2.24, 2.45) is 5.92 Å². The van der Waals surface area contributed by atoms with Crippen molar-refractivity contribution in [2.75, 3.05) is 13.6 Å². The Balaban J connectivity index is 1.58. The molecule has 7 heteroatoms. The fraction of sp³-hybridized carbons (Fsp3) is 0.474. The lowest BCUT2D eigenvalue weighted by molar-refractivity contribution is -0.135. The van der Waals surface area contributed by atoms with Crippen LogP contribution < -0.4 is 0 Å². The average molecular weight is 372 g/mol. The predicted octanol–water partition coefficient (Wildman–Crippen LogP) is 2.67. The van der Waals surface area contributed by atoms with Gasteiger partial charge in [-0.3, -0.25) is 14.6 Å². The molecule has 0 spiro atoms. The Kier molecular flexibility index (Phi) is 5.66. The van der Waals surface area contributed by atoms with Crippen LogP contribution in [0.2, 0.25) is 0 Å². The van der Waals surface area contributed by atoms with Gasteiger partial charge in [0.1, 0.15) is 0 Å². The van der Waals surface area contributed by atoms with Gasteiger partial charge in [0.15, 0.2) is 0 Å². The molecule has 3 heterocycles. The van der Waals surface area contributed by atoms with Crippen molar-refractivity contribution in [3.8, 4) is 0 Å². The largest absolute Gasteiger partial charge is 0.340 e. The first-order valence-electron chi connectivity index (χ1n) is 8.80. The number of hydrogen-bond donors (Lipinski definition) is 0. The number of amides is 2. The molecule has 1 aliphatic heterocycles.